The monoisotopic (exact) mass is 303 g/mol. The zero-order valence-electron chi connectivity index (χ0n) is 9.54. The molecule has 0 unspecified atom stereocenters. The van der Waals surface area contributed by atoms with E-state index in [1.165, 1.54) is 22.9 Å². The van der Waals surface area contributed by atoms with E-state index in [1.54, 1.807) is 11.3 Å². The van der Waals surface area contributed by atoms with E-state index in [9.17, 15) is 0 Å². The summed E-state index contributed by atoms with van der Waals surface area (Å²) in [7, 11) is 0. The number of nitrogens with one attached hydrogen (secondary N) is 1. The molecule has 4 heteroatoms. The molecule has 1 aliphatic heterocycles. The first kappa shape index (κ1) is 12.6. The molecule has 0 spiro atoms. The summed E-state index contributed by atoms with van der Waals surface area (Å²) in [5, 5.41) is 7.92. The van der Waals surface area contributed by atoms with E-state index in [0.717, 1.165) is 19.8 Å². The van der Waals surface area contributed by atoms with Crippen LogP contribution in [0.4, 0.5) is 0 Å². The molecule has 0 amide bonds. The van der Waals surface area contributed by atoms with Crippen molar-refractivity contribution in [3.63, 3.8) is 0 Å². The highest BCUT2D eigenvalue weighted by atomic mass is 79.9. The second-order valence-electron chi connectivity index (χ2n) is 4.39. The minimum atomic E-state index is 0.534. The standard InChI is InChI=1S/C12H18BrNOS/c1-9(10-3-2-4-15-6-10)14-5-11-7-16-8-12(11)13/h7-10,14H,2-6H2,1H3/t9-,10-/m0/s1. The van der Waals surface area contributed by atoms with Crippen molar-refractivity contribution in [1.29, 1.82) is 0 Å². The Morgan fingerprint density at radius 3 is 3.12 bits per heavy atom. The smallest absolute Gasteiger partial charge is 0.0509 e. The normalized spacial score (nSPS) is 23.2. The molecule has 2 atom stereocenters. The van der Waals surface area contributed by atoms with E-state index in [4.69, 9.17) is 4.74 Å². The lowest BCUT2D eigenvalue weighted by Crippen LogP contribution is -2.37. The Morgan fingerprint density at radius 2 is 2.50 bits per heavy atom. The number of hydrogen-bond donors (Lipinski definition) is 1. The molecule has 0 aliphatic carbocycles. The molecule has 0 radical (unpaired) electrons. The van der Waals surface area contributed by atoms with Crippen LogP contribution >= 0.6 is 27.3 Å². The molecular weight excluding hydrogens is 286 g/mol. The van der Waals surface area contributed by atoms with E-state index in [2.05, 4.69) is 38.9 Å². The molecule has 1 N–H and O–H groups in total. The third-order valence-electron chi connectivity index (χ3n) is 3.21. The van der Waals surface area contributed by atoms with Gasteiger partial charge in [-0.2, -0.15) is 11.3 Å². The second kappa shape index (κ2) is 6.15. The fraction of sp³-hybridized carbons (Fsp3) is 0.667. The Labute approximate surface area is 110 Å². The number of thiophene rings is 1. The maximum absolute atomic E-state index is 5.52. The Balaban J connectivity index is 1.78. The summed E-state index contributed by atoms with van der Waals surface area (Å²) in [4.78, 5) is 0. The maximum Gasteiger partial charge on any atom is 0.0509 e. The molecule has 0 aromatic carbocycles. The topological polar surface area (TPSA) is 21.3 Å². The van der Waals surface area contributed by atoms with Crippen LogP contribution in [-0.2, 0) is 11.3 Å². The zero-order valence-corrected chi connectivity index (χ0v) is 11.9. The summed E-state index contributed by atoms with van der Waals surface area (Å²) in [6.07, 6.45) is 2.50. The molecule has 1 aromatic heterocycles. The Kier molecular flexibility index (Phi) is 4.82. The van der Waals surface area contributed by atoms with Crippen molar-refractivity contribution < 1.29 is 4.74 Å². The zero-order chi connectivity index (χ0) is 11.4. The van der Waals surface area contributed by atoms with Crippen LogP contribution < -0.4 is 5.32 Å². The number of rotatable bonds is 4. The minimum absolute atomic E-state index is 0.534. The van der Waals surface area contributed by atoms with Gasteiger partial charge in [0.05, 0.1) is 6.61 Å². The predicted molar refractivity (Wildman–Crippen MR) is 71.9 cm³/mol. The van der Waals surface area contributed by atoms with E-state index in [1.807, 2.05) is 0 Å². The molecular formula is C12H18BrNOS. The predicted octanol–water partition coefficient (Wildman–Crippen LogP) is 3.42. The van der Waals surface area contributed by atoms with Gasteiger partial charge in [-0.15, -0.1) is 0 Å². The molecule has 90 valence electrons. The van der Waals surface area contributed by atoms with Gasteiger partial charge in [0.25, 0.3) is 0 Å². The summed E-state index contributed by atoms with van der Waals surface area (Å²) in [5.74, 6) is 0.672. The van der Waals surface area contributed by atoms with E-state index < -0.39 is 0 Å². The molecule has 1 fully saturated rings. The fourth-order valence-electron chi connectivity index (χ4n) is 2.03. The average Bonchev–Trinajstić information content (AvgIpc) is 2.73. The first-order chi connectivity index (χ1) is 7.77. The van der Waals surface area contributed by atoms with Crippen molar-refractivity contribution in [2.24, 2.45) is 5.92 Å². The van der Waals surface area contributed by atoms with Crippen molar-refractivity contribution in [3.8, 4) is 0 Å². The molecule has 1 saturated heterocycles. The van der Waals surface area contributed by atoms with Gasteiger partial charge < -0.3 is 10.1 Å². The van der Waals surface area contributed by atoms with Crippen LogP contribution in [0.1, 0.15) is 25.3 Å². The third-order valence-corrected chi connectivity index (χ3v) is 5.04. The van der Waals surface area contributed by atoms with Gasteiger partial charge in [0.2, 0.25) is 0 Å². The minimum Gasteiger partial charge on any atom is -0.381 e. The molecule has 2 rings (SSSR count). The van der Waals surface area contributed by atoms with Crippen LogP contribution in [-0.4, -0.2) is 19.3 Å². The fourth-order valence-corrected chi connectivity index (χ4v) is 3.47. The molecule has 2 nitrogen and oxygen atoms in total. The molecule has 2 heterocycles. The van der Waals surface area contributed by atoms with Crippen LogP contribution in [0, 0.1) is 5.92 Å². The Hall–Kier alpha value is 0.1000. The molecule has 16 heavy (non-hydrogen) atoms. The highest BCUT2D eigenvalue weighted by molar-refractivity contribution is 9.10. The highest BCUT2D eigenvalue weighted by Gasteiger charge is 2.20. The maximum atomic E-state index is 5.52. The summed E-state index contributed by atoms with van der Waals surface area (Å²) in [5.41, 5.74) is 1.36. The van der Waals surface area contributed by atoms with Gasteiger partial charge in [0, 0.05) is 29.0 Å². The van der Waals surface area contributed by atoms with E-state index in [-0.39, 0.29) is 0 Å². The van der Waals surface area contributed by atoms with Gasteiger partial charge in [0.1, 0.15) is 0 Å². The largest absolute Gasteiger partial charge is 0.381 e. The van der Waals surface area contributed by atoms with Gasteiger partial charge in [0.15, 0.2) is 0 Å². The van der Waals surface area contributed by atoms with E-state index >= 15 is 0 Å². The summed E-state index contributed by atoms with van der Waals surface area (Å²) in [6, 6.07) is 0.534. The molecule has 0 saturated carbocycles. The van der Waals surface area contributed by atoms with Gasteiger partial charge >= 0.3 is 0 Å². The SMILES string of the molecule is C[C@H](NCc1cscc1Br)[C@H]1CCCOC1. The van der Waals surface area contributed by atoms with Crippen molar-refractivity contribution in [2.75, 3.05) is 13.2 Å². The lowest BCUT2D eigenvalue weighted by Gasteiger charge is -2.28. The van der Waals surface area contributed by atoms with E-state index in [0.29, 0.717) is 12.0 Å². The number of ether oxygens (including phenoxy) is 1. The average molecular weight is 304 g/mol. The lowest BCUT2D eigenvalue weighted by molar-refractivity contribution is 0.0417. The van der Waals surface area contributed by atoms with Crippen molar-refractivity contribution in [3.05, 3.63) is 20.8 Å². The lowest BCUT2D eigenvalue weighted by atomic mass is 9.95. The van der Waals surface area contributed by atoms with Crippen LogP contribution in [0.15, 0.2) is 15.2 Å². The van der Waals surface area contributed by atoms with Gasteiger partial charge in [-0.1, -0.05) is 0 Å². The van der Waals surface area contributed by atoms with Gasteiger partial charge in [-0.3, -0.25) is 0 Å². The summed E-state index contributed by atoms with van der Waals surface area (Å²) < 4.78 is 6.74. The van der Waals surface area contributed by atoms with Gasteiger partial charge in [-0.05, 0) is 52.6 Å². The second-order valence-corrected chi connectivity index (χ2v) is 5.99. The van der Waals surface area contributed by atoms with Crippen molar-refractivity contribution in [2.45, 2.75) is 32.4 Å². The first-order valence-electron chi connectivity index (χ1n) is 5.79. The molecule has 1 aromatic rings. The Bertz CT molecular complexity index is 323. The van der Waals surface area contributed by atoms with Gasteiger partial charge in [-0.25, -0.2) is 0 Å². The van der Waals surface area contributed by atoms with Crippen LogP contribution in [0.2, 0.25) is 0 Å². The quantitative estimate of drug-likeness (QED) is 0.920. The van der Waals surface area contributed by atoms with Crippen LogP contribution in [0.5, 0.6) is 0 Å². The highest BCUT2D eigenvalue weighted by Crippen LogP contribution is 2.22. The van der Waals surface area contributed by atoms with Crippen LogP contribution in [0.3, 0.4) is 0 Å². The number of halogens is 1. The third kappa shape index (κ3) is 3.29. The first-order valence-corrected chi connectivity index (χ1v) is 7.52. The summed E-state index contributed by atoms with van der Waals surface area (Å²) in [6.45, 7) is 5.07. The summed E-state index contributed by atoms with van der Waals surface area (Å²) >= 11 is 5.30. The Morgan fingerprint density at radius 1 is 1.62 bits per heavy atom. The molecule has 1 aliphatic rings. The number of hydrogen-bond acceptors (Lipinski definition) is 3. The van der Waals surface area contributed by atoms with Crippen molar-refractivity contribution in [1.82, 2.24) is 5.32 Å². The van der Waals surface area contributed by atoms with Crippen molar-refractivity contribution >= 4 is 27.3 Å². The van der Waals surface area contributed by atoms with Crippen LogP contribution in [0.25, 0.3) is 0 Å². The molecule has 0 bridgehead atoms.